The number of amides is 1. The maximum Gasteiger partial charge on any atom is 0.277 e. The van der Waals surface area contributed by atoms with Crippen molar-refractivity contribution in [3.05, 3.63) is 76.7 Å². The molecule has 2 heterocycles. The van der Waals surface area contributed by atoms with Gasteiger partial charge in [-0.1, -0.05) is 47.7 Å². The monoisotopic (exact) mass is 416 g/mol. The molecule has 0 spiro atoms. The molecule has 1 N–H and O–H groups in total. The van der Waals surface area contributed by atoms with E-state index in [1.54, 1.807) is 30.1 Å². The lowest BCUT2D eigenvalue weighted by Gasteiger charge is -2.17. The molecule has 4 rings (SSSR count). The molecule has 0 unspecified atom stereocenters. The molecule has 0 aliphatic rings. The molecule has 8 nitrogen and oxygen atoms in total. The van der Waals surface area contributed by atoms with Gasteiger partial charge in [-0.3, -0.25) is 14.7 Å². The third-order valence-corrected chi connectivity index (χ3v) is 5.23. The minimum absolute atomic E-state index is 0.0311. The summed E-state index contributed by atoms with van der Waals surface area (Å²) in [7, 11) is 1.78. The van der Waals surface area contributed by atoms with E-state index in [2.05, 4.69) is 20.5 Å². The number of aromatic amines is 1. The predicted molar refractivity (Wildman–Crippen MR) is 118 cm³/mol. The first-order valence-electron chi connectivity index (χ1n) is 10.3. The molecular formula is C23H24N6O2. The van der Waals surface area contributed by atoms with Crippen LogP contribution in [0.15, 0.2) is 65.5 Å². The standard InChI is InChI=1S/C23H24N6O2/c1-28(14-7-10-18-16-21(25-24-18)17-8-3-2-4-9-17)22(30)13-15-29-23(31)19-11-5-6-12-20(19)26-27-29/h2-6,8-9,11-12,16H,7,10,13-15H2,1H3,(H,24,25). The maximum absolute atomic E-state index is 12.5. The van der Waals surface area contributed by atoms with Crippen molar-refractivity contribution in [3.8, 4) is 11.3 Å². The SMILES string of the molecule is CN(CCCc1cc(-c2ccccc2)n[nH]1)C(=O)CCn1nnc2ccccc2c1=O. The van der Waals surface area contributed by atoms with Gasteiger partial charge in [-0.05, 0) is 31.0 Å². The van der Waals surface area contributed by atoms with Crippen LogP contribution in [0.5, 0.6) is 0 Å². The average Bonchev–Trinajstić information content (AvgIpc) is 3.28. The first-order valence-corrected chi connectivity index (χ1v) is 10.3. The van der Waals surface area contributed by atoms with Crippen molar-refractivity contribution in [2.24, 2.45) is 0 Å². The minimum Gasteiger partial charge on any atom is -0.346 e. The van der Waals surface area contributed by atoms with Gasteiger partial charge in [0.05, 0.1) is 17.6 Å². The zero-order valence-electron chi connectivity index (χ0n) is 17.4. The van der Waals surface area contributed by atoms with E-state index in [4.69, 9.17) is 0 Å². The molecule has 0 bridgehead atoms. The highest BCUT2D eigenvalue weighted by atomic mass is 16.2. The summed E-state index contributed by atoms with van der Waals surface area (Å²) in [5, 5.41) is 15.9. The maximum atomic E-state index is 12.5. The Labute approximate surface area is 179 Å². The van der Waals surface area contributed by atoms with Crippen LogP contribution < -0.4 is 5.56 Å². The molecule has 8 heteroatoms. The Kier molecular flexibility index (Phi) is 6.16. The second-order valence-corrected chi connectivity index (χ2v) is 7.45. The van der Waals surface area contributed by atoms with Gasteiger partial charge in [0.25, 0.3) is 5.56 Å². The molecule has 2 aromatic carbocycles. The number of carbonyl (C=O) groups excluding carboxylic acids is 1. The van der Waals surface area contributed by atoms with Crippen LogP contribution in [0.3, 0.4) is 0 Å². The van der Waals surface area contributed by atoms with Gasteiger partial charge in [0, 0.05) is 31.3 Å². The normalized spacial score (nSPS) is 11.0. The molecule has 0 aliphatic heterocycles. The molecule has 0 atom stereocenters. The largest absolute Gasteiger partial charge is 0.346 e. The molecule has 0 saturated heterocycles. The van der Waals surface area contributed by atoms with Gasteiger partial charge in [-0.15, -0.1) is 5.10 Å². The molecule has 158 valence electrons. The van der Waals surface area contributed by atoms with Gasteiger partial charge in [-0.25, -0.2) is 4.68 Å². The van der Waals surface area contributed by atoms with Gasteiger partial charge in [0.2, 0.25) is 5.91 Å². The summed E-state index contributed by atoms with van der Waals surface area (Å²) in [5.74, 6) is -0.0311. The topological polar surface area (TPSA) is 96.8 Å². The van der Waals surface area contributed by atoms with Gasteiger partial charge in [0.1, 0.15) is 5.52 Å². The lowest BCUT2D eigenvalue weighted by atomic mass is 10.1. The van der Waals surface area contributed by atoms with Gasteiger partial charge in [0.15, 0.2) is 0 Å². The van der Waals surface area contributed by atoms with Crippen molar-refractivity contribution in [3.63, 3.8) is 0 Å². The second-order valence-electron chi connectivity index (χ2n) is 7.45. The Bertz CT molecular complexity index is 1230. The van der Waals surface area contributed by atoms with Gasteiger partial charge in [-0.2, -0.15) is 5.10 Å². The van der Waals surface area contributed by atoms with Crippen LogP contribution in [-0.2, 0) is 17.8 Å². The van der Waals surface area contributed by atoms with Crippen LogP contribution in [0.2, 0.25) is 0 Å². The number of benzene rings is 2. The third kappa shape index (κ3) is 4.85. The number of aromatic nitrogens is 5. The summed E-state index contributed by atoms with van der Waals surface area (Å²) >= 11 is 0. The molecule has 0 saturated carbocycles. The summed E-state index contributed by atoms with van der Waals surface area (Å²) in [5.41, 5.74) is 3.36. The van der Waals surface area contributed by atoms with E-state index in [0.717, 1.165) is 29.8 Å². The van der Waals surface area contributed by atoms with E-state index in [-0.39, 0.29) is 24.4 Å². The fourth-order valence-electron chi connectivity index (χ4n) is 3.44. The predicted octanol–water partition coefficient (Wildman–Crippen LogP) is 2.66. The van der Waals surface area contributed by atoms with E-state index in [9.17, 15) is 9.59 Å². The molecule has 0 radical (unpaired) electrons. The summed E-state index contributed by atoms with van der Waals surface area (Å²) in [6.45, 7) is 0.831. The van der Waals surface area contributed by atoms with Crippen LogP contribution in [0.25, 0.3) is 22.2 Å². The zero-order valence-corrected chi connectivity index (χ0v) is 17.4. The quantitative estimate of drug-likeness (QED) is 0.476. The lowest BCUT2D eigenvalue weighted by molar-refractivity contribution is -0.130. The number of carbonyl (C=O) groups is 1. The van der Waals surface area contributed by atoms with Crippen LogP contribution >= 0.6 is 0 Å². The molecule has 4 aromatic rings. The van der Waals surface area contributed by atoms with Crippen LogP contribution in [0.4, 0.5) is 0 Å². The van der Waals surface area contributed by atoms with E-state index < -0.39 is 0 Å². The first-order chi connectivity index (χ1) is 15.1. The zero-order chi connectivity index (χ0) is 21.6. The number of H-pyrrole nitrogens is 1. The Morgan fingerprint density at radius 3 is 2.71 bits per heavy atom. The summed E-state index contributed by atoms with van der Waals surface area (Å²) in [6, 6.07) is 19.1. The summed E-state index contributed by atoms with van der Waals surface area (Å²) in [6.07, 6.45) is 1.81. The highest BCUT2D eigenvalue weighted by molar-refractivity contribution is 5.77. The number of hydrogen-bond donors (Lipinski definition) is 1. The average molecular weight is 416 g/mol. The number of nitrogens with zero attached hydrogens (tertiary/aromatic N) is 5. The number of fused-ring (bicyclic) bond motifs is 1. The Balaban J connectivity index is 1.26. The van der Waals surface area contributed by atoms with Crippen molar-refractivity contribution < 1.29 is 4.79 Å². The van der Waals surface area contributed by atoms with Gasteiger partial charge < -0.3 is 4.90 Å². The van der Waals surface area contributed by atoms with Crippen molar-refractivity contribution >= 4 is 16.8 Å². The van der Waals surface area contributed by atoms with E-state index in [1.807, 2.05) is 42.5 Å². The smallest absolute Gasteiger partial charge is 0.277 e. The van der Waals surface area contributed by atoms with Crippen molar-refractivity contribution in [2.75, 3.05) is 13.6 Å². The minimum atomic E-state index is -0.227. The number of hydrogen-bond acceptors (Lipinski definition) is 5. The van der Waals surface area contributed by atoms with E-state index in [1.165, 1.54) is 4.68 Å². The van der Waals surface area contributed by atoms with Crippen molar-refractivity contribution in [1.29, 1.82) is 0 Å². The third-order valence-electron chi connectivity index (χ3n) is 5.23. The van der Waals surface area contributed by atoms with Crippen LogP contribution in [0.1, 0.15) is 18.5 Å². The molecule has 1 amide bonds. The van der Waals surface area contributed by atoms with E-state index >= 15 is 0 Å². The Hall–Kier alpha value is -3.81. The van der Waals surface area contributed by atoms with Gasteiger partial charge >= 0.3 is 0 Å². The highest BCUT2D eigenvalue weighted by Crippen LogP contribution is 2.17. The Morgan fingerprint density at radius 2 is 1.87 bits per heavy atom. The second kappa shape index (κ2) is 9.34. The van der Waals surface area contributed by atoms with Crippen LogP contribution in [0, 0.1) is 0 Å². The molecule has 2 aromatic heterocycles. The summed E-state index contributed by atoms with van der Waals surface area (Å²) < 4.78 is 1.25. The molecule has 31 heavy (non-hydrogen) atoms. The Morgan fingerprint density at radius 1 is 1.10 bits per heavy atom. The molecule has 0 aliphatic carbocycles. The highest BCUT2D eigenvalue weighted by Gasteiger charge is 2.12. The fraction of sp³-hybridized carbons (Fsp3) is 0.261. The molecular weight excluding hydrogens is 392 g/mol. The fourth-order valence-corrected chi connectivity index (χ4v) is 3.44. The lowest BCUT2D eigenvalue weighted by Crippen LogP contribution is -2.31. The number of aryl methyl sites for hydroxylation is 2. The van der Waals surface area contributed by atoms with Crippen LogP contribution in [-0.4, -0.2) is 49.6 Å². The van der Waals surface area contributed by atoms with E-state index in [0.29, 0.717) is 17.4 Å². The van der Waals surface area contributed by atoms with Crippen molar-refractivity contribution in [2.45, 2.75) is 25.8 Å². The number of nitrogens with one attached hydrogen (secondary N) is 1. The first kappa shape index (κ1) is 20.5. The molecule has 0 fully saturated rings. The number of rotatable bonds is 8. The van der Waals surface area contributed by atoms with Crippen molar-refractivity contribution in [1.82, 2.24) is 30.1 Å². The summed E-state index contributed by atoms with van der Waals surface area (Å²) in [4.78, 5) is 26.6.